The molecule has 0 saturated heterocycles. The van der Waals surface area contributed by atoms with E-state index in [9.17, 15) is 9.90 Å². The smallest absolute Gasteiger partial charge is 0.312 e. The van der Waals surface area contributed by atoms with Crippen LogP contribution in [0.4, 0.5) is 0 Å². The first-order chi connectivity index (χ1) is 19.5. The summed E-state index contributed by atoms with van der Waals surface area (Å²) in [6.45, 7) is 18.5. The maximum absolute atomic E-state index is 13.8. The number of aliphatic hydroxyl groups is 1. The summed E-state index contributed by atoms with van der Waals surface area (Å²) in [7, 11) is 0. The highest BCUT2D eigenvalue weighted by Crippen LogP contribution is 2.32. The fraction of sp³-hybridized carbons (Fsp3) is 0.486. The molecular weight excluding hydrogens is 506 g/mol. The van der Waals surface area contributed by atoms with E-state index < -0.39 is 18.1 Å². The second-order valence-corrected chi connectivity index (χ2v) is 12.3. The zero-order chi connectivity index (χ0) is 30.1. The average Bonchev–Trinajstić information content (AvgIpc) is 2.93. The van der Waals surface area contributed by atoms with Gasteiger partial charge in [-0.2, -0.15) is 0 Å². The third-order valence-electron chi connectivity index (χ3n) is 8.46. The van der Waals surface area contributed by atoms with E-state index in [0.717, 1.165) is 25.1 Å². The number of ether oxygens (including phenoxy) is 1. The lowest BCUT2D eigenvalue weighted by molar-refractivity contribution is -0.163. The van der Waals surface area contributed by atoms with Gasteiger partial charge in [-0.3, -0.25) is 9.69 Å². The predicted octanol–water partition coefficient (Wildman–Crippen LogP) is 8.42. The Morgan fingerprint density at radius 2 is 1.44 bits per heavy atom. The lowest BCUT2D eigenvalue weighted by Crippen LogP contribution is -2.40. The minimum absolute atomic E-state index is 0.120. The second-order valence-electron chi connectivity index (χ2n) is 12.3. The van der Waals surface area contributed by atoms with Gasteiger partial charge in [0.15, 0.2) is 0 Å². The lowest BCUT2D eigenvalue weighted by Gasteiger charge is -2.36. The van der Waals surface area contributed by atoms with E-state index in [1.54, 1.807) is 0 Å². The van der Waals surface area contributed by atoms with Crippen molar-refractivity contribution in [1.82, 2.24) is 4.90 Å². The number of carbonyl (C=O) groups is 1. The Bertz CT molecular complexity index is 1230. The van der Waals surface area contributed by atoms with Crippen molar-refractivity contribution in [3.05, 3.63) is 106 Å². The van der Waals surface area contributed by atoms with Gasteiger partial charge in [-0.05, 0) is 86.8 Å². The van der Waals surface area contributed by atoms with Crippen LogP contribution in [0.15, 0.2) is 66.7 Å². The second kappa shape index (κ2) is 15.3. The molecule has 0 aliphatic heterocycles. The Hall–Kier alpha value is -2.95. The minimum atomic E-state index is -0.714. The van der Waals surface area contributed by atoms with E-state index in [4.69, 9.17) is 4.74 Å². The molecule has 3 rings (SSSR count). The van der Waals surface area contributed by atoms with Gasteiger partial charge in [-0.15, -0.1) is 0 Å². The molecule has 0 radical (unpaired) electrons. The first-order valence-corrected chi connectivity index (χ1v) is 15.3. The van der Waals surface area contributed by atoms with Crippen LogP contribution in [-0.2, 0) is 22.6 Å². The third-order valence-corrected chi connectivity index (χ3v) is 8.46. The van der Waals surface area contributed by atoms with Crippen LogP contribution >= 0.6 is 0 Å². The first kappa shape index (κ1) is 32.6. The quantitative estimate of drug-likeness (QED) is 0.202. The number of aliphatic hydroxyl groups excluding tert-OH is 1. The Balaban J connectivity index is 2.02. The summed E-state index contributed by atoms with van der Waals surface area (Å²) >= 11 is 0. The largest absolute Gasteiger partial charge is 0.456 e. The molecule has 0 aliphatic carbocycles. The summed E-state index contributed by atoms with van der Waals surface area (Å²) in [4.78, 5) is 16.2. The maximum atomic E-state index is 13.8. The summed E-state index contributed by atoms with van der Waals surface area (Å²) in [6.07, 6.45) is 0.817. The van der Waals surface area contributed by atoms with Crippen molar-refractivity contribution in [3.8, 4) is 0 Å². The normalized spacial score (nSPS) is 14.6. The molecule has 0 saturated carbocycles. The molecule has 0 aliphatic rings. The van der Waals surface area contributed by atoms with E-state index in [0.29, 0.717) is 18.8 Å². The van der Waals surface area contributed by atoms with Crippen molar-refractivity contribution < 1.29 is 14.6 Å². The van der Waals surface area contributed by atoms with Crippen LogP contribution in [0.25, 0.3) is 0 Å². The summed E-state index contributed by atoms with van der Waals surface area (Å²) in [5.74, 6) is -0.393. The molecular formula is C37H51NO3. The van der Waals surface area contributed by atoms with Gasteiger partial charge < -0.3 is 9.84 Å². The zero-order valence-electron chi connectivity index (χ0n) is 26.5. The van der Waals surface area contributed by atoms with Crippen LogP contribution in [0.2, 0.25) is 0 Å². The van der Waals surface area contributed by atoms with E-state index in [2.05, 4.69) is 89.8 Å². The Morgan fingerprint density at radius 1 is 0.829 bits per heavy atom. The zero-order valence-corrected chi connectivity index (χ0v) is 26.5. The Kier molecular flexibility index (Phi) is 12.2. The van der Waals surface area contributed by atoms with Gasteiger partial charge in [0.2, 0.25) is 0 Å². The van der Waals surface area contributed by atoms with E-state index in [1.165, 1.54) is 33.4 Å². The molecule has 41 heavy (non-hydrogen) atoms. The number of nitrogens with zero attached hydrogens (tertiary/aromatic N) is 1. The highest BCUT2D eigenvalue weighted by molar-refractivity contribution is 5.73. The highest BCUT2D eigenvalue weighted by Gasteiger charge is 2.34. The number of hydrogen-bond donors (Lipinski definition) is 1. The molecule has 3 aromatic rings. The molecule has 1 N–H and O–H groups in total. The van der Waals surface area contributed by atoms with Crippen molar-refractivity contribution in [2.75, 3.05) is 0 Å². The van der Waals surface area contributed by atoms with Crippen LogP contribution in [0.5, 0.6) is 0 Å². The molecule has 0 fully saturated rings. The average molecular weight is 558 g/mol. The lowest BCUT2D eigenvalue weighted by atomic mass is 9.91. The van der Waals surface area contributed by atoms with Crippen molar-refractivity contribution in [3.63, 3.8) is 0 Å². The van der Waals surface area contributed by atoms with Crippen LogP contribution in [0.1, 0.15) is 92.0 Å². The Labute approximate surface area is 248 Å². The number of rotatable bonds is 14. The van der Waals surface area contributed by atoms with Crippen molar-refractivity contribution in [2.24, 2.45) is 11.8 Å². The molecule has 4 nitrogen and oxygen atoms in total. The van der Waals surface area contributed by atoms with Gasteiger partial charge in [0.1, 0.15) is 6.10 Å². The van der Waals surface area contributed by atoms with Gasteiger partial charge >= 0.3 is 5.97 Å². The fourth-order valence-electron chi connectivity index (χ4n) is 5.77. The van der Waals surface area contributed by atoms with Crippen molar-refractivity contribution >= 4 is 5.97 Å². The molecule has 0 aromatic heterocycles. The maximum Gasteiger partial charge on any atom is 0.312 e. The van der Waals surface area contributed by atoms with Crippen LogP contribution < -0.4 is 0 Å². The molecule has 0 bridgehead atoms. The van der Waals surface area contributed by atoms with Crippen LogP contribution in [0, 0.1) is 39.5 Å². The standard InChI is InChI=1S/C37H51NO3/c1-9-35(39)33(20-19-25(2)3)37(40)41-36(31-16-11-10-12-17-31)30(8)38(23-32-18-14-13-15-27(32)5)24-34-28(6)21-26(4)22-29(34)7/h10-18,21-22,25,30,33,35-36,39H,9,19-20,23-24H2,1-8H3/t30-,33+,35-,36-/m0/s1. The van der Waals surface area contributed by atoms with Gasteiger partial charge in [0, 0.05) is 19.1 Å². The summed E-state index contributed by atoms with van der Waals surface area (Å²) in [5.41, 5.74) is 8.60. The van der Waals surface area contributed by atoms with E-state index >= 15 is 0 Å². The minimum Gasteiger partial charge on any atom is -0.456 e. The number of esters is 1. The summed E-state index contributed by atoms with van der Waals surface area (Å²) in [5, 5.41) is 10.8. The molecule has 0 unspecified atom stereocenters. The van der Waals surface area contributed by atoms with Gasteiger partial charge in [-0.25, -0.2) is 0 Å². The van der Waals surface area contributed by atoms with Gasteiger partial charge in [0.05, 0.1) is 12.0 Å². The predicted molar refractivity (Wildman–Crippen MR) is 170 cm³/mol. The molecule has 0 heterocycles. The molecule has 4 atom stereocenters. The summed E-state index contributed by atoms with van der Waals surface area (Å²) in [6, 6.07) is 23.0. The topological polar surface area (TPSA) is 49.8 Å². The Morgan fingerprint density at radius 3 is 2.02 bits per heavy atom. The van der Waals surface area contributed by atoms with E-state index in [-0.39, 0.29) is 12.0 Å². The number of aryl methyl sites for hydroxylation is 4. The molecule has 222 valence electrons. The third kappa shape index (κ3) is 9.02. The summed E-state index contributed by atoms with van der Waals surface area (Å²) < 4.78 is 6.44. The SMILES string of the molecule is CC[C@H](O)[C@@H](CCC(C)C)C(=O)O[C@H](c1ccccc1)[C@H](C)N(Cc1ccccc1C)Cc1c(C)cc(C)cc1C. The van der Waals surface area contributed by atoms with Crippen LogP contribution in [-0.4, -0.2) is 28.1 Å². The van der Waals surface area contributed by atoms with Crippen molar-refractivity contribution in [2.45, 2.75) is 106 Å². The highest BCUT2D eigenvalue weighted by atomic mass is 16.5. The molecule has 0 amide bonds. The number of benzene rings is 3. The monoisotopic (exact) mass is 557 g/mol. The molecule has 3 aromatic carbocycles. The number of hydrogen-bond acceptors (Lipinski definition) is 4. The molecule has 0 spiro atoms. The fourth-order valence-corrected chi connectivity index (χ4v) is 5.77. The van der Waals surface area contributed by atoms with E-state index in [1.807, 2.05) is 37.3 Å². The first-order valence-electron chi connectivity index (χ1n) is 15.3. The van der Waals surface area contributed by atoms with Gasteiger partial charge in [0.25, 0.3) is 0 Å². The van der Waals surface area contributed by atoms with Gasteiger partial charge in [-0.1, -0.05) is 99.5 Å². The van der Waals surface area contributed by atoms with Crippen LogP contribution in [0.3, 0.4) is 0 Å². The van der Waals surface area contributed by atoms with Crippen molar-refractivity contribution in [1.29, 1.82) is 0 Å². The molecule has 4 heteroatoms. The number of carbonyl (C=O) groups excluding carboxylic acids is 1.